The van der Waals surface area contributed by atoms with E-state index in [4.69, 9.17) is 76.3 Å². The molecule has 2 saturated carbocycles. The summed E-state index contributed by atoms with van der Waals surface area (Å²) in [7, 11) is 3.81. The highest BCUT2D eigenvalue weighted by atomic mass is 79.9. The van der Waals surface area contributed by atoms with Crippen molar-refractivity contribution < 1.29 is 33.8 Å². The van der Waals surface area contributed by atoms with Crippen LogP contribution in [-0.4, -0.2) is 90.0 Å². The Morgan fingerprint density at radius 2 is 1.00 bits per heavy atom. The van der Waals surface area contributed by atoms with E-state index in [1.54, 1.807) is 56.3 Å². The molecule has 2 fully saturated rings. The summed E-state index contributed by atoms with van der Waals surface area (Å²) in [5.74, 6) is 3.44. The number of hydrogen-bond donors (Lipinski definition) is 6. The SMILES string of the molecule is COc1cc(-c2nc(N)nc3c2CN(C(C)=O)C3)c(Cl)cc1Br.COc1cc(-c2nc(N)nc3c2CN(C(C)=O)C3)c(Cl)cc1C1CC1.COc1cc(-c2nc(N)nc3c2CNC3)c(Cl)cc1Br.OB(O)C1CC1. The molecule has 25 heteroatoms. The first-order valence-electron chi connectivity index (χ1n) is 23.3. The van der Waals surface area contributed by atoms with Gasteiger partial charge < -0.3 is 56.6 Å². The minimum absolute atomic E-state index is 0.00437. The van der Waals surface area contributed by atoms with Crippen molar-refractivity contribution in [3.05, 3.63) is 99.7 Å². The molecule has 3 aliphatic heterocycles. The first-order chi connectivity index (χ1) is 35.3. The standard InChI is InChI=1S/C18H19ClN4O2.C15H14BrClN4O2.C13H12BrClN4O.C3H7BO2/c1-9(24)23-7-13-15(8-23)21-18(20)22-17(13)12-6-16(25-2)11(5-14(12)19)10-3-4-10;1-7(22)21-5-9-12(6-21)19-15(18)20-14(9)8-3-13(23-2)10(16)4-11(8)17;1-20-11-2-6(9(15)3-8(11)14)12-7-4-17-5-10(7)18-13(16)19-12;5-4(6)3-1-2-3/h5-6,10H,3-4,7-8H2,1-2H3,(H2,20,21,22);3-4H,5-6H2,1-2H3,(H2,18,19,20);2-3,17H,4-5H2,1H3,(H2,16,18,19);3,5-6H,1-2H2. The third kappa shape index (κ3) is 12.2. The number of methoxy groups -OCH3 is 3. The number of nitrogens with two attached hydrogens (primary N) is 3. The molecule has 0 unspecified atom stereocenters. The fraction of sp³-hybridized carbons (Fsp3) is 0.347. The van der Waals surface area contributed by atoms with Gasteiger partial charge in [0.15, 0.2) is 0 Å². The molecular formula is C49H52BBr2Cl3N12O7. The van der Waals surface area contributed by atoms with Gasteiger partial charge in [-0.15, -0.1) is 0 Å². The summed E-state index contributed by atoms with van der Waals surface area (Å²) in [5.41, 5.74) is 28.2. The molecule has 0 bridgehead atoms. The number of amides is 2. The van der Waals surface area contributed by atoms with Gasteiger partial charge in [-0.2, -0.15) is 0 Å². The number of benzene rings is 3. The second-order valence-electron chi connectivity index (χ2n) is 18.0. The van der Waals surface area contributed by atoms with Gasteiger partial charge in [0, 0.05) is 60.3 Å². The third-order valence-electron chi connectivity index (χ3n) is 12.8. The molecule has 3 aromatic heterocycles. The average molecular weight is 1200 g/mol. The topological polar surface area (TPSA) is 276 Å². The minimum atomic E-state index is -1.04. The molecule has 5 aliphatic rings. The fourth-order valence-electron chi connectivity index (χ4n) is 8.62. The Hall–Kier alpha value is -5.59. The number of rotatable bonds is 8. The van der Waals surface area contributed by atoms with Crippen LogP contribution >= 0.6 is 66.7 Å². The summed E-state index contributed by atoms with van der Waals surface area (Å²) in [6.45, 7) is 6.24. The van der Waals surface area contributed by atoms with Gasteiger partial charge in [-0.25, -0.2) is 29.9 Å². The molecule has 0 radical (unpaired) electrons. The lowest BCUT2D eigenvalue weighted by Crippen LogP contribution is -2.21. The lowest BCUT2D eigenvalue weighted by molar-refractivity contribution is -0.130. The monoisotopic (exact) mass is 1190 g/mol. The van der Waals surface area contributed by atoms with Crippen LogP contribution < -0.4 is 36.7 Å². The lowest BCUT2D eigenvalue weighted by atomic mass is 9.84. The van der Waals surface area contributed by atoms with Crippen molar-refractivity contribution >= 4 is 103 Å². The lowest BCUT2D eigenvalue weighted by Gasteiger charge is -2.15. The van der Waals surface area contributed by atoms with Crippen molar-refractivity contribution in [3.63, 3.8) is 0 Å². The van der Waals surface area contributed by atoms with E-state index in [2.05, 4.69) is 67.1 Å². The summed E-state index contributed by atoms with van der Waals surface area (Å²) < 4.78 is 17.8. The van der Waals surface area contributed by atoms with E-state index in [0.717, 1.165) is 96.5 Å². The minimum Gasteiger partial charge on any atom is -0.496 e. The predicted molar refractivity (Wildman–Crippen MR) is 291 cm³/mol. The van der Waals surface area contributed by atoms with Crippen molar-refractivity contribution in [2.24, 2.45) is 0 Å². The second-order valence-corrected chi connectivity index (χ2v) is 20.9. The summed E-state index contributed by atoms with van der Waals surface area (Å²) in [6, 6.07) is 11.1. The normalized spacial score (nSPS) is 14.8. The molecule has 19 nitrogen and oxygen atoms in total. The molecule has 0 atom stereocenters. The van der Waals surface area contributed by atoms with E-state index < -0.39 is 7.12 Å². The van der Waals surface area contributed by atoms with Gasteiger partial charge in [-0.3, -0.25) is 9.59 Å². The van der Waals surface area contributed by atoms with E-state index in [9.17, 15) is 9.59 Å². The zero-order valence-corrected chi connectivity index (χ0v) is 46.3. The average Bonchev–Trinajstić information content (AvgIpc) is 4.26. The van der Waals surface area contributed by atoms with Crippen molar-refractivity contribution in [1.29, 1.82) is 0 Å². The van der Waals surface area contributed by atoms with Crippen molar-refractivity contribution in [2.45, 2.75) is 90.5 Å². The van der Waals surface area contributed by atoms with Crippen LogP contribution in [0.1, 0.15) is 84.8 Å². The number of halogens is 5. The van der Waals surface area contributed by atoms with Crippen LogP contribution in [0.15, 0.2) is 45.3 Å². The first-order valence-corrected chi connectivity index (χ1v) is 26.0. The van der Waals surface area contributed by atoms with E-state index in [0.29, 0.717) is 88.7 Å². The summed E-state index contributed by atoms with van der Waals surface area (Å²) >= 11 is 26.1. The third-order valence-corrected chi connectivity index (χ3v) is 15.0. The number of anilines is 3. The highest BCUT2D eigenvalue weighted by Crippen LogP contribution is 2.48. The molecule has 2 amide bonds. The van der Waals surface area contributed by atoms with Crippen LogP contribution in [0.25, 0.3) is 33.8 Å². The van der Waals surface area contributed by atoms with E-state index >= 15 is 0 Å². The second kappa shape index (κ2) is 23.1. The van der Waals surface area contributed by atoms with Crippen LogP contribution in [0.3, 0.4) is 0 Å². The quantitative estimate of drug-likeness (QED) is 0.0779. The van der Waals surface area contributed by atoms with Gasteiger partial charge in [0.05, 0.1) is 106 Å². The van der Waals surface area contributed by atoms with Crippen molar-refractivity contribution in [3.8, 4) is 51.0 Å². The molecule has 2 aliphatic carbocycles. The number of hydrogen-bond acceptors (Lipinski definition) is 17. The van der Waals surface area contributed by atoms with Crippen LogP contribution in [0, 0.1) is 0 Å². The van der Waals surface area contributed by atoms with Gasteiger partial charge in [-0.05, 0) is 98.4 Å². The highest BCUT2D eigenvalue weighted by molar-refractivity contribution is 9.11. The Labute approximate surface area is 459 Å². The molecule has 388 valence electrons. The fourth-order valence-corrected chi connectivity index (χ4v) is 10.7. The molecular weight excluding hydrogens is 1150 g/mol. The molecule has 0 spiro atoms. The largest absolute Gasteiger partial charge is 0.496 e. The molecule has 3 aromatic carbocycles. The van der Waals surface area contributed by atoms with Crippen LogP contribution in [0.5, 0.6) is 17.2 Å². The Morgan fingerprint density at radius 3 is 1.38 bits per heavy atom. The van der Waals surface area contributed by atoms with E-state index in [1.165, 1.54) is 6.92 Å². The van der Waals surface area contributed by atoms with Crippen molar-refractivity contribution in [1.82, 2.24) is 45.0 Å². The molecule has 9 N–H and O–H groups in total. The molecule has 74 heavy (non-hydrogen) atoms. The van der Waals surface area contributed by atoms with Crippen LogP contribution in [-0.2, 0) is 48.9 Å². The number of nitrogens with zero attached hydrogens (tertiary/aromatic N) is 8. The summed E-state index contributed by atoms with van der Waals surface area (Å²) in [6.07, 6.45) is 4.32. The first kappa shape index (κ1) is 54.7. The number of nitrogens with one attached hydrogen (secondary N) is 1. The summed E-state index contributed by atoms with van der Waals surface area (Å²) in [5, 5.41) is 21.5. The Morgan fingerprint density at radius 1 is 0.595 bits per heavy atom. The van der Waals surface area contributed by atoms with Crippen molar-refractivity contribution in [2.75, 3.05) is 38.5 Å². The number of fused-ring (bicyclic) bond motifs is 3. The zero-order valence-electron chi connectivity index (χ0n) is 40.9. The maximum atomic E-state index is 11.7. The number of carbonyl (C=O) groups excluding carboxylic acids is 2. The number of carbonyl (C=O) groups is 2. The predicted octanol–water partition coefficient (Wildman–Crippen LogP) is 8.52. The maximum Gasteiger partial charge on any atom is 0.454 e. The number of ether oxygens (including phenoxy) is 3. The van der Waals surface area contributed by atoms with E-state index in [1.807, 2.05) is 18.2 Å². The Kier molecular flexibility index (Phi) is 17.1. The maximum absolute atomic E-state index is 11.7. The highest BCUT2D eigenvalue weighted by Gasteiger charge is 2.34. The van der Waals surface area contributed by atoms with E-state index in [-0.39, 0.29) is 35.5 Å². The Bertz CT molecular complexity index is 3170. The zero-order chi connectivity index (χ0) is 53.3. The smallest absolute Gasteiger partial charge is 0.454 e. The number of nitrogen functional groups attached to an aromatic ring is 3. The van der Waals surface area contributed by atoms with Crippen LogP contribution in [0.4, 0.5) is 17.8 Å². The molecule has 6 heterocycles. The molecule has 6 aromatic rings. The Balaban J connectivity index is 0.000000140. The summed E-state index contributed by atoms with van der Waals surface area (Å²) in [4.78, 5) is 52.7. The molecule has 11 rings (SSSR count). The van der Waals surface area contributed by atoms with Gasteiger partial charge in [-0.1, -0.05) is 47.6 Å². The number of aromatic nitrogens is 6. The molecule has 0 saturated heterocycles. The van der Waals surface area contributed by atoms with Gasteiger partial charge >= 0.3 is 7.12 Å². The van der Waals surface area contributed by atoms with Gasteiger partial charge in [0.2, 0.25) is 29.7 Å². The van der Waals surface area contributed by atoms with Gasteiger partial charge in [0.25, 0.3) is 0 Å². The van der Waals surface area contributed by atoms with Gasteiger partial charge in [0.1, 0.15) is 17.2 Å². The van der Waals surface area contributed by atoms with Crippen LogP contribution in [0.2, 0.25) is 20.9 Å².